The van der Waals surface area contributed by atoms with Crippen LogP contribution in [0.25, 0.3) is 6.08 Å². The van der Waals surface area contributed by atoms with Gasteiger partial charge in [0.15, 0.2) is 11.5 Å². The van der Waals surface area contributed by atoms with E-state index in [1.807, 2.05) is 18.2 Å². The number of carbonyl (C=O) groups is 1. The number of ether oxygens (including phenoxy) is 2. The molecule has 0 spiro atoms. The van der Waals surface area contributed by atoms with Crippen molar-refractivity contribution in [2.24, 2.45) is 4.99 Å². The van der Waals surface area contributed by atoms with Gasteiger partial charge in [0.1, 0.15) is 23.0 Å². The molecule has 3 N–H and O–H groups in total. The van der Waals surface area contributed by atoms with E-state index in [0.717, 1.165) is 11.8 Å². The minimum atomic E-state index is -0.665. The first-order chi connectivity index (χ1) is 14.9. The molecule has 1 atom stereocenters. The predicted octanol–water partition coefficient (Wildman–Crippen LogP) is 4.34. The number of nitrogens with zero attached hydrogens (tertiary/aromatic N) is 1. The number of thioether (sulfide) groups is 1. The Hall–Kier alpha value is -3.23. The van der Waals surface area contributed by atoms with Crippen LogP contribution in [0.4, 0.5) is 5.69 Å². The fraction of sp³-hybridized carbons (Fsp3) is 0.217. The lowest BCUT2D eigenvalue weighted by atomic mass is 10.1. The van der Waals surface area contributed by atoms with Crippen LogP contribution in [-0.4, -0.2) is 45.7 Å². The molecule has 0 aromatic heterocycles. The first-order valence-electron chi connectivity index (χ1n) is 9.67. The third kappa shape index (κ3) is 5.68. The average molecular weight is 442 g/mol. The van der Waals surface area contributed by atoms with Crippen LogP contribution < -0.4 is 4.74 Å². The lowest BCUT2D eigenvalue weighted by Crippen LogP contribution is -2.12. The van der Waals surface area contributed by atoms with Gasteiger partial charge in [-0.1, -0.05) is 36.0 Å². The number of rotatable bonds is 7. The number of benzene rings is 2. The van der Waals surface area contributed by atoms with Crippen LogP contribution in [0.5, 0.6) is 11.5 Å². The minimum absolute atomic E-state index is 0.00284. The highest BCUT2D eigenvalue weighted by atomic mass is 32.2. The van der Waals surface area contributed by atoms with Crippen molar-refractivity contribution in [2.45, 2.75) is 20.0 Å². The SMILES string of the molecule is CCOC(=O)C1=C(O)/C(=C/c2ccc(OC[C@H](C)O)c(O)c2)SC1=Nc1ccccc1. The zero-order valence-corrected chi connectivity index (χ0v) is 17.9. The van der Waals surface area contributed by atoms with Crippen LogP contribution >= 0.6 is 11.8 Å². The van der Waals surface area contributed by atoms with Crippen LogP contribution in [0.3, 0.4) is 0 Å². The van der Waals surface area contributed by atoms with E-state index >= 15 is 0 Å². The van der Waals surface area contributed by atoms with Crippen molar-refractivity contribution >= 4 is 34.5 Å². The normalized spacial score (nSPS) is 17.3. The Morgan fingerprint density at radius 3 is 2.58 bits per heavy atom. The maximum atomic E-state index is 12.4. The smallest absolute Gasteiger partial charge is 0.344 e. The Labute approximate surface area is 184 Å². The highest BCUT2D eigenvalue weighted by molar-refractivity contribution is 8.18. The number of esters is 1. The quantitative estimate of drug-likeness (QED) is 0.548. The predicted molar refractivity (Wildman–Crippen MR) is 121 cm³/mol. The number of aliphatic hydroxyl groups is 2. The molecule has 0 unspecified atom stereocenters. The van der Waals surface area contributed by atoms with Crippen molar-refractivity contribution in [1.29, 1.82) is 0 Å². The second-order valence-corrected chi connectivity index (χ2v) is 7.73. The molecule has 0 saturated carbocycles. The highest BCUT2D eigenvalue weighted by Crippen LogP contribution is 2.40. The van der Waals surface area contributed by atoms with Crippen molar-refractivity contribution in [3.63, 3.8) is 0 Å². The summed E-state index contributed by atoms with van der Waals surface area (Å²) in [7, 11) is 0. The van der Waals surface area contributed by atoms with E-state index in [9.17, 15) is 20.1 Å². The minimum Gasteiger partial charge on any atom is -0.506 e. The largest absolute Gasteiger partial charge is 0.506 e. The molecule has 0 amide bonds. The van der Waals surface area contributed by atoms with Crippen LogP contribution in [0.2, 0.25) is 0 Å². The van der Waals surface area contributed by atoms with Crippen molar-refractivity contribution in [3.8, 4) is 11.5 Å². The molecule has 162 valence electrons. The standard InChI is InChI=1S/C23H23NO6S/c1-3-29-23(28)20-21(27)19(31-22(20)24-16-7-5-4-6-8-16)12-15-9-10-18(17(26)11-15)30-13-14(2)25/h4-12,14,25-27H,3,13H2,1-2H3/b19-12-,24-22?/t14-/m0/s1. The molecule has 0 fully saturated rings. The number of hydrogen-bond acceptors (Lipinski definition) is 8. The van der Waals surface area contributed by atoms with E-state index in [4.69, 9.17) is 9.47 Å². The maximum Gasteiger partial charge on any atom is 0.344 e. The third-order valence-corrected chi connectivity index (χ3v) is 5.14. The lowest BCUT2D eigenvalue weighted by molar-refractivity contribution is -0.138. The van der Waals surface area contributed by atoms with Gasteiger partial charge in [0.05, 0.1) is 23.3 Å². The Bertz CT molecular complexity index is 1040. The Morgan fingerprint density at radius 1 is 1.19 bits per heavy atom. The third-order valence-electron chi connectivity index (χ3n) is 4.12. The molecule has 1 aliphatic heterocycles. The molecule has 1 aliphatic rings. The van der Waals surface area contributed by atoms with Gasteiger partial charge in [0.25, 0.3) is 0 Å². The maximum absolute atomic E-state index is 12.4. The van der Waals surface area contributed by atoms with E-state index < -0.39 is 12.1 Å². The molecule has 0 aliphatic carbocycles. The summed E-state index contributed by atoms with van der Waals surface area (Å²) in [4.78, 5) is 17.3. The summed E-state index contributed by atoms with van der Waals surface area (Å²) in [5.41, 5.74) is 1.22. The Balaban J connectivity index is 1.94. The van der Waals surface area contributed by atoms with Crippen molar-refractivity contribution < 1.29 is 29.6 Å². The Kier molecular flexibility index (Phi) is 7.38. The van der Waals surface area contributed by atoms with Crippen molar-refractivity contribution in [3.05, 3.63) is 70.3 Å². The first kappa shape index (κ1) is 22.5. The van der Waals surface area contributed by atoms with Gasteiger partial charge in [-0.05, 0) is 49.8 Å². The first-order valence-corrected chi connectivity index (χ1v) is 10.5. The van der Waals surface area contributed by atoms with E-state index in [1.54, 1.807) is 44.2 Å². The molecule has 31 heavy (non-hydrogen) atoms. The van der Waals surface area contributed by atoms with E-state index in [-0.39, 0.29) is 36.0 Å². The number of carbonyl (C=O) groups excluding carboxylic acids is 1. The van der Waals surface area contributed by atoms with Crippen LogP contribution in [0.1, 0.15) is 19.4 Å². The van der Waals surface area contributed by atoms with Gasteiger partial charge in [0.2, 0.25) is 0 Å². The highest BCUT2D eigenvalue weighted by Gasteiger charge is 2.33. The van der Waals surface area contributed by atoms with Crippen molar-refractivity contribution in [2.75, 3.05) is 13.2 Å². The van der Waals surface area contributed by atoms with Crippen molar-refractivity contribution in [1.82, 2.24) is 0 Å². The number of aromatic hydroxyl groups is 1. The van der Waals surface area contributed by atoms with Crippen LogP contribution in [0, 0.1) is 0 Å². The molecule has 0 bridgehead atoms. The summed E-state index contributed by atoms with van der Waals surface area (Å²) in [5.74, 6) is -0.756. The number of aliphatic imine (C=N–C) groups is 1. The van der Waals surface area contributed by atoms with Gasteiger partial charge in [-0.25, -0.2) is 9.79 Å². The van der Waals surface area contributed by atoms with E-state index in [2.05, 4.69) is 4.99 Å². The molecule has 0 radical (unpaired) electrons. The average Bonchev–Trinajstić information content (AvgIpc) is 3.03. The number of hydrogen-bond donors (Lipinski definition) is 3. The molecular formula is C23H23NO6S. The summed E-state index contributed by atoms with van der Waals surface area (Å²) < 4.78 is 10.4. The second kappa shape index (κ2) is 10.2. The zero-order chi connectivity index (χ0) is 22.4. The van der Waals surface area contributed by atoms with Crippen LogP contribution in [0.15, 0.2) is 69.8 Å². The van der Waals surface area contributed by atoms with Gasteiger partial charge in [0, 0.05) is 0 Å². The molecule has 2 aromatic rings. The monoisotopic (exact) mass is 441 g/mol. The summed E-state index contributed by atoms with van der Waals surface area (Å²) in [6.07, 6.45) is 0.965. The molecule has 8 heteroatoms. The van der Waals surface area contributed by atoms with Gasteiger partial charge in [-0.3, -0.25) is 0 Å². The molecule has 0 saturated heterocycles. The molecule has 7 nitrogen and oxygen atoms in total. The summed E-state index contributed by atoms with van der Waals surface area (Å²) in [6, 6.07) is 13.8. The summed E-state index contributed by atoms with van der Waals surface area (Å²) in [6.45, 7) is 3.49. The summed E-state index contributed by atoms with van der Waals surface area (Å²) in [5, 5.41) is 30.5. The fourth-order valence-electron chi connectivity index (χ4n) is 2.72. The fourth-order valence-corrected chi connectivity index (χ4v) is 3.75. The van der Waals surface area contributed by atoms with Gasteiger partial charge >= 0.3 is 5.97 Å². The molecular weight excluding hydrogens is 418 g/mol. The van der Waals surface area contributed by atoms with Gasteiger partial charge in [-0.15, -0.1) is 0 Å². The number of aliphatic hydroxyl groups excluding tert-OH is 2. The van der Waals surface area contributed by atoms with E-state index in [1.165, 1.54) is 6.07 Å². The summed E-state index contributed by atoms with van der Waals surface area (Å²) >= 11 is 1.14. The second-order valence-electron chi connectivity index (χ2n) is 6.69. The van der Waals surface area contributed by atoms with E-state index in [0.29, 0.717) is 21.2 Å². The number of phenols is 1. The topological polar surface area (TPSA) is 109 Å². The molecule has 1 heterocycles. The zero-order valence-electron chi connectivity index (χ0n) is 17.1. The molecule has 2 aromatic carbocycles. The molecule has 3 rings (SSSR count). The van der Waals surface area contributed by atoms with Gasteiger partial charge in [-0.2, -0.15) is 0 Å². The number of phenolic OH excluding ortho intramolecular Hbond substituents is 1. The van der Waals surface area contributed by atoms with Gasteiger partial charge < -0.3 is 24.8 Å². The Morgan fingerprint density at radius 2 is 1.94 bits per heavy atom. The lowest BCUT2D eigenvalue weighted by Gasteiger charge is -2.10. The number of para-hydroxylation sites is 1. The van der Waals surface area contributed by atoms with Crippen LogP contribution in [-0.2, 0) is 9.53 Å².